The highest BCUT2D eigenvalue weighted by Crippen LogP contribution is 2.54. The van der Waals surface area contributed by atoms with Crippen molar-refractivity contribution >= 4 is 40.3 Å². The van der Waals surface area contributed by atoms with Crippen molar-refractivity contribution in [1.29, 1.82) is 5.26 Å². The van der Waals surface area contributed by atoms with Crippen molar-refractivity contribution in [1.82, 2.24) is 0 Å². The van der Waals surface area contributed by atoms with Gasteiger partial charge < -0.3 is 0 Å². The summed E-state index contributed by atoms with van der Waals surface area (Å²) in [5.41, 5.74) is 2.75. The fraction of sp³-hybridized carbons (Fsp3) is 0.235. The quantitative estimate of drug-likeness (QED) is 0.726. The summed E-state index contributed by atoms with van der Waals surface area (Å²) in [5.74, 6) is 0.310. The van der Waals surface area contributed by atoms with Gasteiger partial charge in [0.25, 0.3) is 0 Å². The maximum absolute atomic E-state index is 9.06. The average molecular weight is 308 g/mol. The summed E-state index contributed by atoms with van der Waals surface area (Å²) in [6.45, 7) is 0. The number of hydrogen-bond acceptors (Lipinski definition) is 4. The van der Waals surface area contributed by atoms with Crippen LogP contribution in [0.3, 0.4) is 0 Å². The van der Waals surface area contributed by atoms with Gasteiger partial charge in [0.1, 0.15) is 6.07 Å². The van der Waals surface area contributed by atoms with Crippen molar-refractivity contribution in [3.8, 4) is 6.07 Å². The molecule has 1 saturated carbocycles. The zero-order valence-electron chi connectivity index (χ0n) is 11.2. The summed E-state index contributed by atoms with van der Waals surface area (Å²) >= 11 is 7.39. The van der Waals surface area contributed by atoms with E-state index in [1.807, 2.05) is 29.8 Å². The van der Waals surface area contributed by atoms with Crippen LogP contribution < -0.4 is 0 Å². The molecule has 1 fully saturated rings. The molecule has 0 bridgehead atoms. The highest BCUT2D eigenvalue weighted by molar-refractivity contribution is 7.80. The van der Waals surface area contributed by atoms with E-state index < -0.39 is 0 Å². The summed E-state index contributed by atoms with van der Waals surface area (Å²) in [7, 11) is 0. The Bertz CT molecular complexity index is 812. The Morgan fingerprint density at radius 3 is 3.05 bits per heavy atom. The topological polar surface area (TPSA) is 36.1 Å². The van der Waals surface area contributed by atoms with Gasteiger partial charge in [-0.2, -0.15) is 5.26 Å². The van der Waals surface area contributed by atoms with E-state index >= 15 is 0 Å². The summed E-state index contributed by atoms with van der Waals surface area (Å²) in [5, 5.41) is 11.0. The average Bonchev–Trinajstić information content (AvgIpc) is 3.20. The Labute approximate surface area is 132 Å². The van der Waals surface area contributed by atoms with Crippen LogP contribution in [0.15, 0.2) is 40.7 Å². The molecule has 2 heterocycles. The summed E-state index contributed by atoms with van der Waals surface area (Å²) in [4.78, 5) is 6.94. The predicted octanol–water partition coefficient (Wildman–Crippen LogP) is 4.52. The lowest BCUT2D eigenvalue weighted by Gasteiger charge is -2.29. The van der Waals surface area contributed by atoms with Gasteiger partial charge in [0.05, 0.1) is 16.7 Å². The molecule has 0 radical (unpaired) electrons. The molecule has 2 atom stereocenters. The number of rotatable bonds is 1. The van der Waals surface area contributed by atoms with Crippen LogP contribution in [0.2, 0.25) is 0 Å². The highest BCUT2D eigenvalue weighted by Gasteiger charge is 2.51. The Morgan fingerprint density at radius 2 is 2.24 bits per heavy atom. The number of para-hydroxylation sites is 1. The van der Waals surface area contributed by atoms with Gasteiger partial charge in [-0.25, -0.2) is 0 Å². The largest absolute Gasteiger partial charge is 0.260 e. The van der Waals surface area contributed by atoms with Crippen molar-refractivity contribution in [3.63, 3.8) is 0 Å². The molecule has 0 N–H and O–H groups in total. The maximum Gasteiger partial charge on any atom is 0.100 e. The van der Waals surface area contributed by atoms with Crippen LogP contribution >= 0.6 is 23.6 Å². The van der Waals surface area contributed by atoms with Gasteiger partial charge in [0.15, 0.2) is 0 Å². The number of thiophene rings is 1. The number of nitriles is 1. The molecule has 0 amide bonds. The van der Waals surface area contributed by atoms with Gasteiger partial charge in [0.2, 0.25) is 0 Å². The molecule has 0 saturated heterocycles. The van der Waals surface area contributed by atoms with Crippen LogP contribution in [0, 0.1) is 11.3 Å². The number of benzene rings is 1. The van der Waals surface area contributed by atoms with E-state index in [9.17, 15) is 0 Å². The van der Waals surface area contributed by atoms with Gasteiger partial charge in [0, 0.05) is 27.3 Å². The van der Waals surface area contributed by atoms with Crippen molar-refractivity contribution < 1.29 is 0 Å². The van der Waals surface area contributed by atoms with Crippen molar-refractivity contribution in [2.45, 2.75) is 24.2 Å². The van der Waals surface area contributed by atoms with Gasteiger partial charge in [-0.3, -0.25) is 4.99 Å². The van der Waals surface area contributed by atoms with E-state index in [1.54, 1.807) is 11.3 Å². The molecule has 1 aliphatic carbocycles. The fourth-order valence-electron chi connectivity index (χ4n) is 3.54. The minimum Gasteiger partial charge on any atom is -0.260 e. The Kier molecular flexibility index (Phi) is 2.81. The Balaban J connectivity index is 1.89. The number of fused-ring (bicyclic) bond motifs is 2. The summed E-state index contributed by atoms with van der Waals surface area (Å²) in [6.07, 6.45) is 4.02. The molecule has 1 aromatic heterocycles. The second kappa shape index (κ2) is 4.59. The van der Waals surface area contributed by atoms with E-state index in [1.165, 1.54) is 10.4 Å². The molecular weight excluding hydrogens is 296 g/mol. The summed E-state index contributed by atoms with van der Waals surface area (Å²) in [6, 6.07) is 12.5. The fourth-order valence-corrected chi connectivity index (χ4v) is 5.01. The summed E-state index contributed by atoms with van der Waals surface area (Å²) < 4.78 is 0. The van der Waals surface area contributed by atoms with E-state index in [0.717, 1.165) is 29.0 Å². The molecule has 4 heteroatoms. The van der Waals surface area contributed by atoms with Crippen LogP contribution in [0.25, 0.3) is 0 Å². The SMILES string of the molecule is N#Cc1csc(C2CCC(=S)C23C=Nc2ccccc23)c1. The molecular formula is C17H12N2S2. The molecule has 1 aliphatic heterocycles. The number of hydrogen-bond donors (Lipinski definition) is 0. The predicted molar refractivity (Wildman–Crippen MR) is 89.9 cm³/mol. The molecule has 2 aromatic rings. The van der Waals surface area contributed by atoms with Gasteiger partial charge >= 0.3 is 0 Å². The highest BCUT2D eigenvalue weighted by atomic mass is 32.1. The number of aliphatic imine (C=N–C) groups is 1. The molecule has 1 spiro atoms. The lowest BCUT2D eigenvalue weighted by molar-refractivity contribution is 0.625. The third-order valence-electron chi connectivity index (χ3n) is 4.52. The van der Waals surface area contributed by atoms with Crippen molar-refractivity contribution in [3.05, 3.63) is 51.7 Å². The van der Waals surface area contributed by atoms with Crippen LogP contribution in [0.4, 0.5) is 5.69 Å². The molecule has 21 heavy (non-hydrogen) atoms. The van der Waals surface area contributed by atoms with Crippen LogP contribution in [0.1, 0.15) is 34.8 Å². The molecule has 102 valence electrons. The molecule has 4 rings (SSSR count). The van der Waals surface area contributed by atoms with Crippen LogP contribution in [-0.4, -0.2) is 11.1 Å². The number of thiocarbonyl (C=S) groups is 1. The van der Waals surface area contributed by atoms with E-state index in [2.05, 4.69) is 23.2 Å². The molecule has 2 unspecified atom stereocenters. The lowest BCUT2D eigenvalue weighted by Crippen LogP contribution is -2.34. The minimum absolute atomic E-state index is 0.247. The first-order chi connectivity index (χ1) is 10.3. The zero-order chi connectivity index (χ0) is 14.4. The zero-order valence-corrected chi connectivity index (χ0v) is 12.9. The van der Waals surface area contributed by atoms with E-state index in [4.69, 9.17) is 17.5 Å². The normalized spacial score (nSPS) is 26.2. The third-order valence-corrected chi connectivity index (χ3v) is 6.11. The van der Waals surface area contributed by atoms with E-state index in [-0.39, 0.29) is 5.41 Å². The first-order valence-corrected chi connectivity index (χ1v) is 8.21. The van der Waals surface area contributed by atoms with Gasteiger partial charge in [-0.1, -0.05) is 30.4 Å². The van der Waals surface area contributed by atoms with Crippen LogP contribution in [0.5, 0.6) is 0 Å². The first kappa shape index (κ1) is 12.9. The second-order valence-corrected chi connectivity index (χ2v) is 6.94. The molecule has 1 aromatic carbocycles. The van der Waals surface area contributed by atoms with Gasteiger partial charge in [-0.05, 0) is 30.5 Å². The smallest absolute Gasteiger partial charge is 0.100 e. The monoisotopic (exact) mass is 308 g/mol. The van der Waals surface area contributed by atoms with Crippen molar-refractivity contribution in [2.24, 2.45) is 4.99 Å². The standard InChI is InChI=1S/C17H12N2S2/c18-8-11-7-15(21-9-11)13-5-6-16(20)17(13)10-19-14-4-2-1-3-12(14)17/h1-4,7,9-10,13H,5-6H2. The molecule has 2 nitrogen and oxygen atoms in total. The van der Waals surface area contributed by atoms with Crippen molar-refractivity contribution in [2.75, 3.05) is 0 Å². The first-order valence-electron chi connectivity index (χ1n) is 6.92. The Morgan fingerprint density at radius 1 is 1.38 bits per heavy atom. The van der Waals surface area contributed by atoms with Gasteiger partial charge in [-0.15, -0.1) is 11.3 Å². The van der Waals surface area contributed by atoms with E-state index in [0.29, 0.717) is 5.92 Å². The second-order valence-electron chi connectivity index (χ2n) is 5.51. The maximum atomic E-state index is 9.06. The third kappa shape index (κ3) is 1.68. The Hall–Kier alpha value is -1.83. The number of nitrogens with zero attached hydrogens (tertiary/aromatic N) is 2. The molecule has 2 aliphatic rings. The minimum atomic E-state index is -0.247. The lowest BCUT2D eigenvalue weighted by atomic mass is 9.73. The van der Waals surface area contributed by atoms with Crippen LogP contribution in [-0.2, 0) is 5.41 Å².